The molecule has 0 heterocycles. The molecule has 0 aromatic heterocycles. The molecular formula is C14H11ClS3. The molecule has 0 atom stereocenters. The molecule has 18 heavy (non-hydrogen) atoms. The smallest absolute Gasteiger partial charge is 0.0843 e. The van der Waals surface area contributed by atoms with Crippen LogP contribution in [-0.2, 0) is 0 Å². The lowest BCUT2D eigenvalue weighted by Crippen LogP contribution is -1.82. The van der Waals surface area contributed by atoms with Gasteiger partial charge in [0.2, 0.25) is 0 Å². The molecule has 0 spiro atoms. The van der Waals surface area contributed by atoms with Gasteiger partial charge >= 0.3 is 0 Å². The summed E-state index contributed by atoms with van der Waals surface area (Å²) in [6.07, 6.45) is 0. The molecule has 0 N–H and O–H groups in total. The van der Waals surface area contributed by atoms with Gasteiger partial charge in [0.25, 0.3) is 0 Å². The topological polar surface area (TPSA) is 0 Å². The van der Waals surface area contributed by atoms with Crippen LogP contribution >= 0.6 is 47.3 Å². The standard InChI is InChI=1S/C14H11ClS3/c1-10-2-6-12(7-3-10)17-14(16)18-13-8-4-11(15)5-9-13/h2-9H,1H3. The number of rotatable bonds is 2. The number of hydrogen-bond acceptors (Lipinski definition) is 3. The molecule has 2 aromatic carbocycles. The Hall–Kier alpha value is -0.480. The minimum absolute atomic E-state index is 0.747. The zero-order chi connectivity index (χ0) is 13.0. The SMILES string of the molecule is Cc1ccc(SC(=S)Sc2ccc(Cl)cc2)cc1. The molecule has 0 aliphatic carbocycles. The number of thiocarbonyl (C=S) groups is 1. The predicted octanol–water partition coefficient (Wildman–Crippen LogP) is 5.82. The second-order valence-electron chi connectivity index (χ2n) is 3.72. The van der Waals surface area contributed by atoms with Gasteiger partial charge in [0, 0.05) is 14.8 Å². The van der Waals surface area contributed by atoms with Crippen molar-refractivity contribution in [1.29, 1.82) is 0 Å². The number of hydrogen-bond donors (Lipinski definition) is 0. The molecule has 0 fully saturated rings. The highest BCUT2D eigenvalue weighted by Crippen LogP contribution is 2.31. The van der Waals surface area contributed by atoms with E-state index in [0.29, 0.717) is 0 Å². The third-order valence-corrected chi connectivity index (χ3v) is 4.84. The fraction of sp³-hybridized carbons (Fsp3) is 0.0714. The third kappa shape index (κ3) is 4.32. The fourth-order valence-electron chi connectivity index (χ4n) is 1.32. The van der Waals surface area contributed by atoms with E-state index in [1.165, 1.54) is 10.5 Å². The molecule has 0 nitrogen and oxygen atoms in total. The van der Waals surface area contributed by atoms with E-state index in [1.807, 2.05) is 24.3 Å². The van der Waals surface area contributed by atoms with Gasteiger partial charge < -0.3 is 0 Å². The fourth-order valence-corrected chi connectivity index (χ4v) is 3.70. The van der Waals surface area contributed by atoms with Crippen molar-refractivity contribution in [1.82, 2.24) is 0 Å². The normalized spacial score (nSPS) is 10.3. The van der Waals surface area contributed by atoms with Gasteiger partial charge in [0.15, 0.2) is 0 Å². The predicted molar refractivity (Wildman–Crippen MR) is 86.9 cm³/mol. The van der Waals surface area contributed by atoms with Gasteiger partial charge in [-0.25, -0.2) is 0 Å². The second kappa shape index (κ2) is 6.62. The molecule has 92 valence electrons. The average molecular weight is 311 g/mol. The van der Waals surface area contributed by atoms with E-state index in [2.05, 4.69) is 31.2 Å². The van der Waals surface area contributed by atoms with E-state index in [9.17, 15) is 0 Å². The Labute approximate surface area is 126 Å². The van der Waals surface area contributed by atoms with Crippen molar-refractivity contribution in [3.63, 3.8) is 0 Å². The van der Waals surface area contributed by atoms with Crippen LogP contribution in [0, 0.1) is 6.92 Å². The van der Waals surface area contributed by atoms with Crippen molar-refractivity contribution in [2.75, 3.05) is 0 Å². The Balaban J connectivity index is 1.96. The minimum atomic E-state index is 0.747. The van der Waals surface area contributed by atoms with E-state index in [1.54, 1.807) is 23.5 Å². The maximum absolute atomic E-state index is 5.85. The first-order valence-electron chi connectivity index (χ1n) is 5.35. The van der Waals surface area contributed by atoms with Crippen molar-refractivity contribution in [2.45, 2.75) is 16.7 Å². The highest BCUT2D eigenvalue weighted by molar-refractivity contribution is 8.47. The quantitative estimate of drug-likeness (QED) is 0.507. The summed E-state index contributed by atoms with van der Waals surface area (Å²) in [4.78, 5) is 2.29. The number of thioether (sulfide) groups is 2. The minimum Gasteiger partial charge on any atom is -0.0843 e. The second-order valence-corrected chi connectivity index (χ2v) is 7.51. The summed E-state index contributed by atoms with van der Waals surface area (Å²) in [6, 6.07) is 16.1. The van der Waals surface area contributed by atoms with Crippen LogP contribution in [0.3, 0.4) is 0 Å². The summed E-state index contributed by atoms with van der Waals surface area (Å²) >= 11 is 14.4. The summed E-state index contributed by atoms with van der Waals surface area (Å²) in [7, 11) is 0. The summed E-state index contributed by atoms with van der Waals surface area (Å²) in [5.41, 5.74) is 1.26. The highest BCUT2D eigenvalue weighted by atomic mass is 35.5. The number of aryl methyl sites for hydroxylation is 1. The van der Waals surface area contributed by atoms with E-state index < -0.39 is 0 Å². The van der Waals surface area contributed by atoms with E-state index in [4.69, 9.17) is 23.8 Å². The van der Waals surface area contributed by atoms with Crippen molar-refractivity contribution < 1.29 is 0 Å². The zero-order valence-corrected chi connectivity index (χ0v) is 12.9. The lowest BCUT2D eigenvalue weighted by atomic mass is 10.2. The molecule has 4 heteroatoms. The van der Waals surface area contributed by atoms with E-state index in [-0.39, 0.29) is 0 Å². The third-order valence-electron chi connectivity index (χ3n) is 2.24. The summed E-state index contributed by atoms with van der Waals surface area (Å²) in [5.74, 6) is 0. The van der Waals surface area contributed by atoms with Crippen molar-refractivity contribution in [3.05, 3.63) is 59.1 Å². The molecule has 0 aliphatic rings. The molecule has 2 aromatic rings. The monoisotopic (exact) mass is 310 g/mol. The molecule has 0 amide bonds. The summed E-state index contributed by atoms with van der Waals surface area (Å²) < 4.78 is 0.890. The Bertz CT molecular complexity index is 482. The van der Waals surface area contributed by atoms with Gasteiger partial charge in [-0.3, -0.25) is 0 Å². The van der Waals surface area contributed by atoms with Gasteiger partial charge in [0.1, 0.15) is 3.53 Å². The number of halogens is 1. The number of benzene rings is 2. The van der Waals surface area contributed by atoms with Gasteiger partial charge in [-0.2, -0.15) is 0 Å². The zero-order valence-electron chi connectivity index (χ0n) is 9.72. The first-order valence-corrected chi connectivity index (χ1v) is 7.77. The van der Waals surface area contributed by atoms with Gasteiger partial charge in [-0.15, -0.1) is 0 Å². The van der Waals surface area contributed by atoms with Crippen molar-refractivity contribution in [3.8, 4) is 0 Å². The van der Waals surface area contributed by atoms with Crippen LogP contribution in [0.4, 0.5) is 0 Å². The molecule has 2 rings (SSSR count). The van der Waals surface area contributed by atoms with Crippen molar-refractivity contribution >= 4 is 50.9 Å². The van der Waals surface area contributed by atoms with Crippen LogP contribution in [-0.4, -0.2) is 3.53 Å². The lowest BCUT2D eigenvalue weighted by Gasteiger charge is -2.04. The molecule has 0 saturated heterocycles. The molecular weight excluding hydrogens is 300 g/mol. The maximum atomic E-state index is 5.85. The summed E-state index contributed by atoms with van der Waals surface area (Å²) in [6.45, 7) is 2.08. The largest absolute Gasteiger partial charge is 0.113 e. The molecule has 0 radical (unpaired) electrons. The Morgan fingerprint density at radius 3 is 1.83 bits per heavy atom. The maximum Gasteiger partial charge on any atom is 0.113 e. The molecule has 0 aliphatic heterocycles. The highest BCUT2D eigenvalue weighted by Gasteiger charge is 2.03. The van der Waals surface area contributed by atoms with Crippen LogP contribution in [0.25, 0.3) is 0 Å². The lowest BCUT2D eigenvalue weighted by molar-refractivity contribution is 1.38. The van der Waals surface area contributed by atoms with Crippen molar-refractivity contribution in [2.24, 2.45) is 0 Å². The molecule has 0 bridgehead atoms. The van der Waals surface area contributed by atoms with Crippen LogP contribution in [0.15, 0.2) is 58.3 Å². The van der Waals surface area contributed by atoms with E-state index in [0.717, 1.165) is 13.4 Å². The van der Waals surface area contributed by atoms with Crippen LogP contribution in [0.1, 0.15) is 5.56 Å². The first kappa shape index (κ1) is 13.9. The molecule has 0 unspecified atom stereocenters. The van der Waals surface area contributed by atoms with Gasteiger partial charge in [0.05, 0.1) is 0 Å². The first-order chi connectivity index (χ1) is 8.63. The van der Waals surface area contributed by atoms with E-state index >= 15 is 0 Å². The van der Waals surface area contributed by atoms with Crippen LogP contribution < -0.4 is 0 Å². The Morgan fingerprint density at radius 2 is 1.33 bits per heavy atom. The Kier molecular flexibility index (Phi) is 5.13. The van der Waals surface area contributed by atoms with Gasteiger partial charge in [-0.05, 0) is 43.3 Å². The van der Waals surface area contributed by atoms with Crippen LogP contribution in [0.5, 0.6) is 0 Å². The molecule has 0 saturated carbocycles. The van der Waals surface area contributed by atoms with Crippen LogP contribution in [0.2, 0.25) is 5.02 Å². The summed E-state index contributed by atoms with van der Waals surface area (Å²) in [5, 5.41) is 0.747. The average Bonchev–Trinajstić information content (AvgIpc) is 2.35. The Morgan fingerprint density at radius 1 is 0.889 bits per heavy atom. The van der Waals surface area contributed by atoms with Gasteiger partial charge in [-0.1, -0.05) is 65.0 Å².